The molecular formula is C15H19NO3. The number of carbonyl (C=O) groups excluding carboxylic acids is 1. The van der Waals surface area contributed by atoms with E-state index < -0.39 is 0 Å². The maximum absolute atomic E-state index is 11.9. The van der Waals surface area contributed by atoms with Crippen LogP contribution in [-0.4, -0.2) is 43.2 Å². The molecule has 4 heteroatoms. The van der Waals surface area contributed by atoms with Gasteiger partial charge in [-0.25, -0.2) is 0 Å². The van der Waals surface area contributed by atoms with Gasteiger partial charge in [0.15, 0.2) is 0 Å². The number of rotatable bonds is 5. The third-order valence-corrected chi connectivity index (χ3v) is 3.70. The lowest BCUT2D eigenvalue weighted by molar-refractivity contribution is -0.146. The third kappa shape index (κ3) is 2.96. The van der Waals surface area contributed by atoms with E-state index in [2.05, 4.69) is 11.8 Å². The zero-order valence-corrected chi connectivity index (χ0v) is 11.2. The summed E-state index contributed by atoms with van der Waals surface area (Å²) in [4.78, 5) is 14.0. The average molecular weight is 261 g/mol. The van der Waals surface area contributed by atoms with Gasteiger partial charge in [0.25, 0.3) is 0 Å². The maximum atomic E-state index is 11.9. The zero-order chi connectivity index (χ0) is 13.3. The fraction of sp³-hybridized carbons (Fsp3) is 0.533. The summed E-state index contributed by atoms with van der Waals surface area (Å²) in [5, 5.41) is 0. The van der Waals surface area contributed by atoms with Crippen LogP contribution >= 0.6 is 0 Å². The minimum absolute atomic E-state index is 0.0406. The van der Waals surface area contributed by atoms with Crippen molar-refractivity contribution in [2.45, 2.75) is 19.6 Å². The van der Waals surface area contributed by atoms with Gasteiger partial charge in [-0.05, 0) is 5.56 Å². The highest BCUT2D eigenvalue weighted by atomic mass is 16.5. The van der Waals surface area contributed by atoms with Crippen molar-refractivity contribution in [2.75, 3.05) is 26.3 Å². The van der Waals surface area contributed by atoms with Crippen molar-refractivity contribution in [1.29, 1.82) is 0 Å². The number of ether oxygens (including phenoxy) is 2. The van der Waals surface area contributed by atoms with Crippen molar-refractivity contribution in [3.8, 4) is 0 Å². The van der Waals surface area contributed by atoms with Gasteiger partial charge in [0.05, 0.1) is 13.2 Å². The lowest BCUT2D eigenvalue weighted by Gasteiger charge is -2.38. The first-order chi connectivity index (χ1) is 9.16. The molecule has 0 aliphatic carbocycles. The Kier molecular flexibility index (Phi) is 3.29. The SMILES string of the molecule is CC1(CN2CC2C(=O)OCc2ccccc2)COC1. The molecule has 2 saturated heterocycles. The number of nitrogens with zero attached hydrogens (tertiary/aromatic N) is 1. The van der Waals surface area contributed by atoms with Crippen LogP contribution in [0, 0.1) is 5.41 Å². The first kappa shape index (κ1) is 12.6. The fourth-order valence-electron chi connectivity index (χ4n) is 2.43. The van der Waals surface area contributed by atoms with Crippen molar-refractivity contribution in [1.82, 2.24) is 4.90 Å². The summed E-state index contributed by atoms with van der Waals surface area (Å²) in [6.07, 6.45) is 0. The van der Waals surface area contributed by atoms with Gasteiger partial charge < -0.3 is 9.47 Å². The van der Waals surface area contributed by atoms with Crippen molar-refractivity contribution in [3.05, 3.63) is 35.9 Å². The first-order valence-corrected chi connectivity index (χ1v) is 6.69. The largest absolute Gasteiger partial charge is 0.460 e. The summed E-state index contributed by atoms with van der Waals surface area (Å²) in [5.41, 5.74) is 1.26. The van der Waals surface area contributed by atoms with Crippen LogP contribution in [0.1, 0.15) is 12.5 Å². The molecule has 19 heavy (non-hydrogen) atoms. The van der Waals surface area contributed by atoms with Crippen LogP contribution in [0.25, 0.3) is 0 Å². The molecule has 2 atom stereocenters. The molecule has 0 radical (unpaired) electrons. The molecule has 102 valence electrons. The second kappa shape index (κ2) is 4.94. The van der Waals surface area contributed by atoms with Crippen molar-refractivity contribution in [2.24, 2.45) is 5.41 Å². The summed E-state index contributed by atoms with van der Waals surface area (Å²) in [7, 11) is 0. The first-order valence-electron chi connectivity index (χ1n) is 6.69. The summed E-state index contributed by atoms with van der Waals surface area (Å²) >= 11 is 0. The lowest BCUT2D eigenvalue weighted by atomic mass is 9.89. The molecule has 0 saturated carbocycles. The molecular weight excluding hydrogens is 242 g/mol. The smallest absolute Gasteiger partial charge is 0.325 e. The predicted molar refractivity (Wildman–Crippen MR) is 70.5 cm³/mol. The Morgan fingerprint density at radius 2 is 2.16 bits per heavy atom. The molecule has 0 N–H and O–H groups in total. The molecule has 3 rings (SSSR count). The summed E-state index contributed by atoms with van der Waals surface area (Å²) < 4.78 is 10.6. The van der Waals surface area contributed by atoms with Gasteiger partial charge in [-0.3, -0.25) is 9.69 Å². The molecule has 2 fully saturated rings. The van der Waals surface area contributed by atoms with Gasteiger partial charge in [0.1, 0.15) is 12.6 Å². The van der Waals surface area contributed by atoms with E-state index in [1.54, 1.807) is 0 Å². The molecule has 0 bridgehead atoms. The second-order valence-corrected chi connectivity index (χ2v) is 5.84. The number of hydrogen-bond donors (Lipinski definition) is 0. The number of benzene rings is 1. The monoisotopic (exact) mass is 261 g/mol. The molecule has 2 unspecified atom stereocenters. The topological polar surface area (TPSA) is 38.5 Å². The van der Waals surface area contributed by atoms with Crippen molar-refractivity contribution < 1.29 is 14.3 Å². The minimum Gasteiger partial charge on any atom is -0.460 e. The van der Waals surface area contributed by atoms with Crippen LogP contribution in [0.2, 0.25) is 0 Å². The minimum atomic E-state index is -0.104. The predicted octanol–water partition coefficient (Wildman–Crippen LogP) is 1.45. The van der Waals surface area contributed by atoms with Crippen molar-refractivity contribution >= 4 is 5.97 Å². The third-order valence-electron chi connectivity index (χ3n) is 3.70. The molecule has 1 aromatic rings. The zero-order valence-electron chi connectivity index (χ0n) is 11.2. The number of hydrogen-bond acceptors (Lipinski definition) is 4. The molecule has 0 amide bonds. The molecule has 1 aromatic carbocycles. The van der Waals surface area contributed by atoms with Crippen LogP contribution in [0.3, 0.4) is 0 Å². The molecule has 2 aliphatic rings. The van der Waals surface area contributed by atoms with Gasteiger partial charge in [0.2, 0.25) is 0 Å². The van der Waals surface area contributed by atoms with E-state index in [1.807, 2.05) is 30.3 Å². The van der Waals surface area contributed by atoms with Crippen LogP contribution in [-0.2, 0) is 20.9 Å². The Hall–Kier alpha value is -1.39. The van der Waals surface area contributed by atoms with E-state index in [4.69, 9.17) is 9.47 Å². The van der Waals surface area contributed by atoms with Gasteiger partial charge in [0, 0.05) is 18.5 Å². The Balaban J connectivity index is 1.42. The Morgan fingerprint density at radius 1 is 1.42 bits per heavy atom. The lowest BCUT2D eigenvalue weighted by Crippen LogP contribution is -2.45. The molecule has 2 heterocycles. The highest BCUT2D eigenvalue weighted by Crippen LogP contribution is 2.32. The van der Waals surface area contributed by atoms with Gasteiger partial charge in [-0.15, -0.1) is 0 Å². The normalized spacial score (nSPS) is 27.4. The van der Waals surface area contributed by atoms with Gasteiger partial charge >= 0.3 is 5.97 Å². The Labute approximate surface area is 113 Å². The Bertz CT molecular complexity index is 456. The van der Waals surface area contributed by atoms with E-state index in [-0.39, 0.29) is 17.4 Å². The summed E-state index contributed by atoms with van der Waals surface area (Å²) in [6.45, 7) is 5.91. The van der Waals surface area contributed by atoms with E-state index in [0.717, 1.165) is 31.9 Å². The molecule has 4 nitrogen and oxygen atoms in total. The summed E-state index contributed by atoms with van der Waals surface area (Å²) in [5.74, 6) is -0.104. The van der Waals surface area contributed by atoms with E-state index >= 15 is 0 Å². The second-order valence-electron chi connectivity index (χ2n) is 5.84. The van der Waals surface area contributed by atoms with Gasteiger partial charge in [-0.1, -0.05) is 37.3 Å². The van der Waals surface area contributed by atoms with E-state index in [9.17, 15) is 4.79 Å². The average Bonchev–Trinajstić information content (AvgIpc) is 3.14. The fourth-order valence-corrected chi connectivity index (χ4v) is 2.43. The van der Waals surface area contributed by atoms with Crippen LogP contribution < -0.4 is 0 Å². The highest BCUT2D eigenvalue weighted by molar-refractivity contribution is 5.79. The maximum Gasteiger partial charge on any atom is 0.325 e. The molecule has 0 spiro atoms. The standard InChI is InChI=1S/C15H19NO3/c1-15(10-18-11-15)9-16-7-13(16)14(17)19-8-12-5-3-2-4-6-12/h2-6,13H,7-11H2,1H3. The highest BCUT2D eigenvalue weighted by Gasteiger charge is 2.47. The van der Waals surface area contributed by atoms with Gasteiger partial charge in [-0.2, -0.15) is 0 Å². The number of carbonyl (C=O) groups is 1. The van der Waals surface area contributed by atoms with Crippen LogP contribution in [0.4, 0.5) is 0 Å². The number of esters is 1. The summed E-state index contributed by atoms with van der Waals surface area (Å²) in [6, 6.07) is 9.74. The molecule has 0 aromatic heterocycles. The van der Waals surface area contributed by atoms with E-state index in [1.165, 1.54) is 0 Å². The van der Waals surface area contributed by atoms with Crippen LogP contribution in [0.15, 0.2) is 30.3 Å². The van der Waals surface area contributed by atoms with E-state index in [0.29, 0.717) is 6.61 Å². The quantitative estimate of drug-likeness (QED) is 0.594. The van der Waals surface area contributed by atoms with Crippen molar-refractivity contribution in [3.63, 3.8) is 0 Å². The van der Waals surface area contributed by atoms with Crippen LogP contribution in [0.5, 0.6) is 0 Å². The molecule has 2 aliphatic heterocycles. The Morgan fingerprint density at radius 3 is 2.79 bits per heavy atom.